The lowest BCUT2D eigenvalue weighted by atomic mass is 10.1. The first-order chi connectivity index (χ1) is 12.9. The summed E-state index contributed by atoms with van der Waals surface area (Å²) in [6, 6.07) is 3.51. The summed E-state index contributed by atoms with van der Waals surface area (Å²) in [6.07, 6.45) is 1.86. The van der Waals surface area contributed by atoms with Gasteiger partial charge in [-0.1, -0.05) is 34.6 Å². The quantitative estimate of drug-likeness (QED) is 0.688. The molecular formula is C18H16BrNO6S. The summed E-state index contributed by atoms with van der Waals surface area (Å²) in [4.78, 5) is 28.3. The fourth-order valence-electron chi connectivity index (χ4n) is 2.37. The van der Waals surface area contributed by atoms with Gasteiger partial charge < -0.3 is 19.3 Å². The Morgan fingerprint density at radius 3 is 2.70 bits per heavy atom. The van der Waals surface area contributed by atoms with E-state index < -0.39 is 11.9 Å². The van der Waals surface area contributed by atoms with Gasteiger partial charge in [-0.3, -0.25) is 4.79 Å². The molecule has 0 atom stereocenters. The van der Waals surface area contributed by atoms with E-state index in [4.69, 9.17) is 14.2 Å². The van der Waals surface area contributed by atoms with Crippen molar-refractivity contribution < 1.29 is 28.9 Å². The summed E-state index contributed by atoms with van der Waals surface area (Å²) in [5, 5.41) is 10.7. The number of hydrogen-bond acceptors (Lipinski definition) is 7. The number of aliphatic hydroxyl groups excluding tert-OH is 1. The Balaban J connectivity index is 2.03. The molecule has 2 aliphatic rings. The van der Waals surface area contributed by atoms with Crippen molar-refractivity contribution in [2.45, 2.75) is 20.3 Å². The van der Waals surface area contributed by atoms with Gasteiger partial charge in [0.15, 0.2) is 11.5 Å². The maximum absolute atomic E-state index is 12.2. The maximum Gasteiger partial charge on any atom is 0.344 e. The van der Waals surface area contributed by atoms with Crippen molar-refractivity contribution in [2.75, 3.05) is 13.4 Å². The number of nitrogens with zero attached hydrogens (tertiary/aromatic N) is 1. The number of amides is 1. The monoisotopic (exact) mass is 453 g/mol. The van der Waals surface area contributed by atoms with Crippen LogP contribution < -0.4 is 9.47 Å². The van der Waals surface area contributed by atoms with E-state index in [0.717, 1.165) is 16.2 Å². The third kappa shape index (κ3) is 4.03. The number of carbonyl (C=O) groups excluding carboxylic acids is 2. The van der Waals surface area contributed by atoms with Crippen molar-refractivity contribution in [3.05, 3.63) is 38.4 Å². The number of benzene rings is 1. The number of esters is 1. The molecule has 0 fully saturated rings. The summed E-state index contributed by atoms with van der Waals surface area (Å²) in [5.74, 6) is -0.190. The van der Waals surface area contributed by atoms with Crippen LogP contribution in [0.3, 0.4) is 0 Å². The molecule has 142 valence electrons. The van der Waals surface area contributed by atoms with Gasteiger partial charge in [0.25, 0.3) is 0 Å². The Kier molecular flexibility index (Phi) is 5.91. The Hall–Kier alpha value is -2.26. The molecule has 0 spiro atoms. The number of fused-ring (bicyclic) bond motifs is 1. The van der Waals surface area contributed by atoms with Crippen LogP contribution in [0.25, 0.3) is 6.08 Å². The highest BCUT2D eigenvalue weighted by atomic mass is 79.9. The van der Waals surface area contributed by atoms with Gasteiger partial charge in [-0.25, -0.2) is 9.79 Å². The van der Waals surface area contributed by atoms with E-state index in [9.17, 15) is 14.7 Å². The number of ether oxygens (including phenoxy) is 3. The van der Waals surface area contributed by atoms with Gasteiger partial charge in [-0.05, 0) is 30.7 Å². The van der Waals surface area contributed by atoms with Crippen molar-refractivity contribution >= 4 is 50.7 Å². The summed E-state index contributed by atoms with van der Waals surface area (Å²) >= 11 is 4.48. The smallest absolute Gasteiger partial charge is 0.344 e. The number of hydrogen-bond donors (Lipinski definition) is 1. The molecular weight excluding hydrogens is 438 g/mol. The van der Waals surface area contributed by atoms with Crippen molar-refractivity contribution in [3.63, 3.8) is 0 Å². The highest BCUT2D eigenvalue weighted by molar-refractivity contribution is 9.10. The van der Waals surface area contributed by atoms with Gasteiger partial charge in [0.1, 0.15) is 16.4 Å². The van der Waals surface area contributed by atoms with Gasteiger partial charge in [-0.15, -0.1) is 0 Å². The first kappa shape index (κ1) is 19.5. The molecule has 0 radical (unpaired) electrons. The lowest BCUT2D eigenvalue weighted by Crippen LogP contribution is -2.14. The molecule has 0 unspecified atom stereocenters. The molecule has 0 bridgehead atoms. The second-order valence-electron chi connectivity index (χ2n) is 5.45. The van der Waals surface area contributed by atoms with Crippen LogP contribution in [0, 0.1) is 0 Å². The Labute approximate surface area is 168 Å². The molecule has 2 heterocycles. The van der Waals surface area contributed by atoms with Crippen LogP contribution in [-0.2, 0) is 14.3 Å². The molecule has 0 aromatic heterocycles. The lowest BCUT2D eigenvalue weighted by molar-refractivity contribution is -0.138. The summed E-state index contributed by atoms with van der Waals surface area (Å²) < 4.78 is 16.4. The summed E-state index contributed by atoms with van der Waals surface area (Å²) in [6.45, 7) is 3.61. The lowest BCUT2D eigenvalue weighted by Gasteiger charge is -2.04. The number of halogens is 1. The van der Waals surface area contributed by atoms with E-state index in [0.29, 0.717) is 22.0 Å². The van der Waals surface area contributed by atoms with E-state index in [2.05, 4.69) is 20.9 Å². The molecule has 0 saturated heterocycles. The number of rotatable bonds is 4. The third-order valence-corrected chi connectivity index (χ3v) is 5.38. The predicted octanol–water partition coefficient (Wildman–Crippen LogP) is 3.98. The largest absolute Gasteiger partial charge is 0.506 e. The highest BCUT2D eigenvalue weighted by Crippen LogP contribution is 2.42. The maximum atomic E-state index is 12.2. The molecule has 9 heteroatoms. The van der Waals surface area contributed by atoms with Gasteiger partial charge in [0.05, 0.1) is 11.5 Å². The van der Waals surface area contributed by atoms with Crippen LogP contribution in [0.1, 0.15) is 25.8 Å². The number of aliphatic hydroxyl groups is 1. The minimum absolute atomic E-state index is 0.105. The van der Waals surface area contributed by atoms with Crippen molar-refractivity contribution in [3.8, 4) is 11.5 Å². The molecule has 3 rings (SSSR count). The zero-order chi connectivity index (χ0) is 19.6. The number of carbonyl (C=O) groups is 2. The van der Waals surface area contributed by atoms with Gasteiger partial charge in [0, 0.05) is 10.9 Å². The topological polar surface area (TPSA) is 94.4 Å². The predicted molar refractivity (Wildman–Crippen MR) is 105 cm³/mol. The van der Waals surface area contributed by atoms with E-state index in [1.807, 2.05) is 0 Å². The van der Waals surface area contributed by atoms with Crippen molar-refractivity contribution in [2.24, 2.45) is 4.99 Å². The zero-order valence-electron chi connectivity index (χ0n) is 14.6. The standard InChI is InChI=1S/C18H16BrNO6S/c1-3-14(21)20-17-15(18(23)24-4-2)16(22)13(27-17)6-9-5-11-12(7-10(9)19)26-8-25-11/h5-7,22H,3-4,8H2,1-2H3/b13-6-,20-17?. The second-order valence-corrected chi connectivity index (χ2v) is 7.33. The van der Waals surface area contributed by atoms with E-state index in [1.54, 1.807) is 32.1 Å². The fraction of sp³-hybridized carbons (Fsp3) is 0.278. The van der Waals surface area contributed by atoms with Crippen LogP contribution >= 0.6 is 27.7 Å². The van der Waals surface area contributed by atoms with E-state index in [1.165, 1.54) is 0 Å². The number of aliphatic imine (C=N–C) groups is 1. The molecule has 1 N–H and O–H groups in total. The average Bonchev–Trinajstić information content (AvgIpc) is 3.19. The van der Waals surface area contributed by atoms with Gasteiger partial charge >= 0.3 is 5.97 Å². The zero-order valence-corrected chi connectivity index (χ0v) is 17.0. The SMILES string of the molecule is CCOC(=O)C1=C(O)/C(=C/c2cc3c(cc2Br)OCO3)SC1=NC(=O)CC. The van der Waals surface area contributed by atoms with Gasteiger partial charge in [0.2, 0.25) is 12.7 Å². The first-order valence-corrected chi connectivity index (χ1v) is 9.76. The van der Waals surface area contributed by atoms with Crippen molar-refractivity contribution in [1.82, 2.24) is 0 Å². The minimum atomic E-state index is -0.724. The second kappa shape index (κ2) is 8.18. The molecule has 1 aromatic rings. The number of thioether (sulfide) groups is 1. The molecule has 0 saturated carbocycles. The van der Waals surface area contributed by atoms with Crippen LogP contribution in [0.15, 0.2) is 37.8 Å². The highest BCUT2D eigenvalue weighted by Gasteiger charge is 2.34. The average molecular weight is 454 g/mol. The molecule has 0 aliphatic carbocycles. The third-order valence-electron chi connectivity index (χ3n) is 3.68. The summed E-state index contributed by atoms with van der Waals surface area (Å²) in [5.41, 5.74) is 0.603. The molecule has 1 amide bonds. The van der Waals surface area contributed by atoms with Crippen LogP contribution in [0.2, 0.25) is 0 Å². The first-order valence-electron chi connectivity index (χ1n) is 8.15. The Bertz CT molecular complexity index is 905. The Morgan fingerprint density at radius 2 is 2.04 bits per heavy atom. The normalized spacial score (nSPS) is 18.5. The molecule has 27 heavy (non-hydrogen) atoms. The van der Waals surface area contributed by atoms with Crippen LogP contribution in [0.5, 0.6) is 11.5 Å². The fourth-order valence-corrected chi connectivity index (χ4v) is 3.83. The van der Waals surface area contributed by atoms with E-state index >= 15 is 0 Å². The molecule has 2 aliphatic heterocycles. The minimum Gasteiger partial charge on any atom is -0.506 e. The van der Waals surface area contributed by atoms with Crippen LogP contribution in [0.4, 0.5) is 0 Å². The molecule has 7 nitrogen and oxygen atoms in total. The summed E-state index contributed by atoms with van der Waals surface area (Å²) in [7, 11) is 0. The van der Waals surface area contributed by atoms with E-state index in [-0.39, 0.29) is 36.2 Å². The Morgan fingerprint density at radius 1 is 1.33 bits per heavy atom. The van der Waals surface area contributed by atoms with Crippen LogP contribution in [-0.4, -0.2) is 35.4 Å². The van der Waals surface area contributed by atoms with Gasteiger partial charge in [-0.2, -0.15) is 0 Å². The van der Waals surface area contributed by atoms with Crippen molar-refractivity contribution in [1.29, 1.82) is 0 Å². The molecule has 1 aromatic carbocycles.